The first-order chi connectivity index (χ1) is 28.4. The number of rotatable bonds is 8. The highest BCUT2D eigenvalue weighted by Gasteiger charge is 2.62. The number of sulfonamides is 1. The van der Waals surface area contributed by atoms with E-state index in [2.05, 4.69) is 24.9 Å². The number of Topliss-reactive ketones (excluding diaryl/α,β-unsaturated/α-hetero) is 1. The fraction of sp³-hybridized carbons (Fsp3) is 0.463. The highest BCUT2D eigenvalue weighted by Crippen LogP contribution is 2.57. The standard InChI is InChI=1S/C41H41F4N5O9S/c1-39(14-15-39)60(55,56)49-38(54)40-20-23(40)7-5-3-2-4-6-8-30(47-35(52)34-13-16-46-59-34)37(53)50-22-26(19-32(50)33(51)21-40)57-36-29-18-25(58-41(43,44)45)10-12-27(29)28-11-9-24(42)17-31(28)48-36/h5,7,9-13,16-18,23,26,30,32H,2-4,6,8,14-15,19-22H2,1H3,(H,47,52)(H,49,54)/b7-5-/t23-,26-,30+,32+,40-/m1/s1. The third-order valence-electron chi connectivity index (χ3n) is 12.0. The normalized spacial score (nSPS) is 26.3. The van der Waals surface area contributed by atoms with Crippen molar-refractivity contribution in [2.24, 2.45) is 11.3 Å². The number of hydrogen-bond donors (Lipinski definition) is 2. The SMILES string of the molecule is CC1(S(=O)(=O)NC(=O)[C@]23CC(=O)[C@@H]4C[C@@H](Oc5nc6cc(F)ccc6c6ccc(OC(F)(F)F)cc56)CN4C(=O)[C@@H](NC(=O)c4ccno4)CCCCC/C=C\[C@@H]2C3)CC1. The number of allylic oxidation sites excluding steroid dienone is 2. The van der Waals surface area contributed by atoms with Crippen LogP contribution in [0.1, 0.15) is 81.7 Å². The molecular formula is C41H41F4N5O9S. The van der Waals surface area contributed by atoms with Crippen LogP contribution >= 0.6 is 0 Å². The molecule has 2 aliphatic carbocycles. The lowest BCUT2D eigenvalue weighted by molar-refractivity contribution is -0.274. The number of nitrogens with one attached hydrogen (secondary N) is 2. The van der Waals surface area contributed by atoms with E-state index in [4.69, 9.17) is 9.26 Å². The molecule has 3 amide bonds. The maximum atomic E-state index is 14.6. The Morgan fingerprint density at radius 1 is 1.02 bits per heavy atom. The first-order valence-electron chi connectivity index (χ1n) is 19.7. The van der Waals surface area contributed by atoms with Crippen LogP contribution in [0.4, 0.5) is 17.6 Å². The van der Waals surface area contributed by atoms with Gasteiger partial charge in [0.25, 0.3) is 5.91 Å². The van der Waals surface area contributed by atoms with Crippen molar-refractivity contribution >= 4 is 55.2 Å². The van der Waals surface area contributed by atoms with Gasteiger partial charge in [0.2, 0.25) is 33.5 Å². The summed E-state index contributed by atoms with van der Waals surface area (Å²) in [6, 6.07) is 6.18. The summed E-state index contributed by atoms with van der Waals surface area (Å²) in [7, 11) is -4.06. The van der Waals surface area contributed by atoms with Crippen molar-refractivity contribution in [1.29, 1.82) is 0 Å². The molecule has 0 unspecified atom stereocenters. The van der Waals surface area contributed by atoms with Gasteiger partial charge >= 0.3 is 6.36 Å². The van der Waals surface area contributed by atoms with Crippen molar-refractivity contribution in [3.8, 4) is 11.6 Å². The Labute approximate surface area is 341 Å². The number of carbonyl (C=O) groups excluding carboxylic acids is 4. The average Bonchev–Trinajstić information content (AvgIpc) is 3.93. The van der Waals surface area contributed by atoms with Crippen molar-refractivity contribution in [2.75, 3.05) is 6.54 Å². The van der Waals surface area contributed by atoms with E-state index in [1.54, 1.807) is 6.92 Å². The molecule has 0 bridgehead atoms. The molecule has 60 heavy (non-hydrogen) atoms. The number of nitrogens with zero attached hydrogens (tertiary/aromatic N) is 3. The molecule has 0 radical (unpaired) electrons. The topological polar surface area (TPSA) is 187 Å². The highest BCUT2D eigenvalue weighted by atomic mass is 32.2. The van der Waals surface area contributed by atoms with Gasteiger partial charge in [-0.05, 0) is 87.1 Å². The molecule has 8 rings (SSSR count). The summed E-state index contributed by atoms with van der Waals surface area (Å²) in [6.07, 6.45) is 1.98. The zero-order valence-corrected chi connectivity index (χ0v) is 33.1. The minimum atomic E-state index is -5.02. The van der Waals surface area contributed by atoms with Gasteiger partial charge in [0.1, 0.15) is 23.7 Å². The molecule has 2 aromatic carbocycles. The lowest BCUT2D eigenvalue weighted by atomic mass is 9.91. The van der Waals surface area contributed by atoms with Crippen molar-refractivity contribution in [1.82, 2.24) is 25.1 Å². The smallest absolute Gasteiger partial charge is 0.472 e. The van der Waals surface area contributed by atoms with Gasteiger partial charge in [0.05, 0.1) is 34.5 Å². The molecule has 0 spiro atoms. The van der Waals surface area contributed by atoms with E-state index in [0.717, 1.165) is 18.2 Å². The first-order valence-corrected chi connectivity index (χ1v) is 21.2. The van der Waals surface area contributed by atoms with Gasteiger partial charge in [0.15, 0.2) is 5.78 Å². The van der Waals surface area contributed by atoms with E-state index in [1.165, 1.54) is 35.4 Å². The first kappa shape index (κ1) is 41.2. The molecule has 2 saturated carbocycles. The molecule has 2 N–H and O–H groups in total. The Bertz CT molecular complexity index is 2510. The van der Waals surface area contributed by atoms with Crippen LogP contribution in [0.3, 0.4) is 0 Å². The number of aromatic nitrogens is 2. The zero-order chi connectivity index (χ0) is 42.6. The van der Waals surface area contributed by atoms with Gasteiger partial charge in [0, 0.05) is 35.7 Å². The van der Waals surface area contributed by atoms with Crippen molar-refractivity contribution < 1.29 is 59.2 Å². The molecular weight excluding hydrogens is 815 g/mol. The lowest BCUT2D eigenvalue weighted by Gasteiger charge is -2.29. The Balaban J connectivity index is 1.15. The summed E-state index contributed by atoms with van der Waals surface area (Å²) >= 11 is 0. The molecule has 19 heteroatoms. The molecule has 4 heterocycles. The second-order valence-corrected chi connectivity index (χ2v) is 18.5. The fourth-order valence-electron chi connectivity index (χ4n) is 8.22. The number of hydrogen-bond acceptors (Lipinski definition) is 11. The predicted octanol–water partition coefficient (Wildman–Crippen LogP) is 6.04. The molecule has 4 aromatic rings. The Morgan fingerprint density at radius 2 is 1.80 bits per heavy atom. The Kier molecular flexibility index (Phi) is 10.6. The number of ether oxygens (including phenoxy) is 2. The third kappa shape index (κ3) is 8.27. The number of amides is 3. The summed E-state index contributed by atoms with van der Waals surface area (Å²) in [5.74, 6) is -4.78. The van der Waals surface area contributed by atoms with Crippen molar-refractivity contribution in [3.05, 3.63) is 72.4 Å². The van der Waals surface area contributed by atoms with Crippen LogP contribution < -0.4 is 19.5 Å². The quantitative estimate of drug-likeness (QED) is 0.119. The van der Waals surface area contributed by atoms with Gasteiger partial charge in [-0.15, -0.1) is 13.2 Å². The molecule has 2 aliphatic heterocycles. The number of benzene rings is 2. The number of ketones is 1. The molecule has 318 valence electrons. The minimum Gasteiger partial charge on any atom is -0.472 e. The second kappa shape index (κ2) is 15.5. The van der Waals surface area contributed by atoms with E-state index in [0.29, 0.717) is 49.3 Å². The highest BCUT2D eigenvalue weighted by molar-refractivity contribution is 7.91. The number of pyridine rings is 1. The van der Waals surface area contributed by atoms with E-state index < -0.39 is 92.1 Å². The maximum Gasteiger partial charge on any atom is 0.573 e. The molecule has 3 fully saturated rings. The van der Waals surface area contributed by atoms with Crippen molar-refractivity contribution in [2.45, 2.75) is 100 Å². The number of carbonyl (C=O) groups is 4. The fourth-order valence-corrected chi connectivity index (χ4v) is 9.56. The summed E-state index contributed by atoms with van der Waals surface area (Å²) < 4.78 is 97.5. The molecule has 14 nitrogen and oxygen atoms in total. The maximum absolute atomic E-state index is 14.6. The van der Waals surface area contributed by atoms with E-state index in [1.807, 2.05) is 12.2 Å². The van der Waals surface area contributed by atoms with Crippen LogP contribution in [0.15, 0.2) is 65.3 Å². The van der Waals surface area contributed by atoms with Gasteiger partial charge in [-0.3, -0.25) is 23.9 Å². The third-order valence-corrected chi connectivity index (χ3v) is 14.2. The van der Waals surface area contributed by atoms with E-state index in [9.17, 15) is 45.2 Å². The van der Waals surface area contributed by atoms with E-state index >= 15 is 0 Å². The summed E-state index contributed by atoms with van der Waals surface area (Å²) in [4.78, 5) is 62.1. The number of alkyl halides is 3. The van der Waals surface area contributed by atoms with E-state index in [-0.39, 0.29) is 48.4 Å². The van der Waals surface area contributed by atoms with Crippen molar-refractivity contribution in [3.63, 3.8) is 0 Å². The van der Waals surface area contributed by atoms with Gasteiger partial charge in [-0.1, -0.05) is 30.2 Å². The zero-order valence-electron chi connectivity index (χ0n) is 32.3. The van der Waals surface area contributed by atoms with Crippen LogP contribution in [0.5, 0.6) is 11.6 Å². The van der Waals surface area contributed by atoms with Crippen LogP contribution in [0.25, 0.3) is 21.7 Å². The molecule has 5 atom stereocenters. The number of fused-ring (bicyclic) bond motifs is 5. The second-order valence-electron chi connectivity index (χ2n) is 16.3. The van der Waals surface area contributed by atoms with Crippen LogP contribution in [-0.4, -0.2) is 82.8 Å². The average molecular weight is 856 g/mol. The monoisotopic (exact) mass is 855 g/mol. The Hall–Kier alpha value is -5.59. The van der Waals surface area contributed by atoms with Crippen LogP contribution in [0.2, 0.25) is 0 Å². The molecule has 1 saturated heterocycles. The van der Waals surface area contributed by atoms with Gasteiger partial charge < -0.3 is 24.2 Å². The summed E-state index contributed by atoms with van der Waals surface area (Å²) in [6.45, 7) is 1.28. The lowest BCUT2D eigenvalue weighted by Crippen LogP contribution is -2.52. The Morgan fingerprint density at radius 3 is 2.53 bits per heavy atom. The largest absolute Gasteiger partial charge is 0.573 e. The number of halogens is 4. The minimum absolute atomic E-state index is 0.0731. The van der Waals surface area contributed by atoms with Crippen LogP contribution in [-0.2, 0) is 24.4 Å². The summed E-state index contributed by atoms with van der Waals surface area (Å²) in [5.41, 5.74) is -1.30. The van der Waals surface area contributed by atoms with Gasteiger partial charge in [-0.2, -0.15) is 0 Å². The molecule has 4 aliphatic rings. The summed E-state index contributed by atoms with van der Waals surface area (Å²) in [5, 5.41) is 7.10. The predicted molar refractivity (Wildman–Crippen MR) is 205 cm³/mol. The van der Waals surface area contributed by atoms with Crippen LogP contribution in [0, 0.1) is 17.2 Å². The van der Waals surface area contributed by atoms with Gasteiger partial charge in [-0.25, -0.2) is 17.8 Å². The molecule has 2 aromatic heterocycles.